The zero-order valence-corrected chi connectivity index (χ0v) is 7.87. The van der Waals surface area contributed by atoms with Gasteiger partial charge in [0.25, 0.3) is 10.1 Å². The van der Waals surface area contributed by atoms with E-state index in [1.165, 1.54) is 0 Å². The Bertz CT molecular complexity index is 369. The third-order valence-corrected chi connectivity index (χ3v) is 2.33. The van der Waals surface area contributed by atoms with Crippen molar-refractivity contribution in [2.45, 2.75) is 6.42 Å². The number of hydrogen-bond donors (Lipinski definition) is 1. The topological polar surface area (TPSA) is 58.2 Å². The van der Waals surface area contributed by atoms with E-state index in [0.29, 0.717) is 6.42 Å². The minimum absolute atomic E-state index is 0.242. The number of rotatable bonds is 3. The van der Waals surface area contributed by atoms with Gasteiger partial charge in [-0.2, -0.15) is 13.0 Å². The zero-order valence-electron chi connectivity index (χ0n) is 7.05. The lowest BCUT2D eigenvalue weighted by molar-refractivity contribution is -0.612. The lowest BCUT2D eigenvalue weighted by Crippen LogP contribution is -2.23. The molecule has 0 amide bonds. The third kappa shape index (κ3) is 4.00. The van der Waals surface area contributed by atoms with E-state index in [4.69, 9.17) is 4.55 Å². The van der Waals surface area contributed by atoms with Crippen molar-refractivity contribution in [3.63, 3.8) is 0 Å². The van der Waals surface area contributed by atoms with Gasteiger partial charge in [0.05, 0.1) is 5.75 Å². The molecule has 0 spiro atoms. The smallest absolute Gasteiger partial charge is 0.265 e. The Morgan fingerprint density at radius 3 is 2.38 bits per heavy atom. The molecule has 0 fully saturated rings. The molecule has 0 bridgehead atoms. The highest BCUT2D eigenvalue weighted by Gasteiger charge is 2.05. The van der Waals surface area contributed by atoms with Crippen molar-refractivity contribution in [1.82, 2.24) is 0 Å². The summed E-state index contributed by atoms with van der Waals surface area (Å²) in [6, 6.07) is 3.52. The van der Waals surface area contributed by atoms with Crippen LogP contribution >= 0.6 is 0 Å². The summed E-state index contributed by atoms with van der Waals surface area (Å²) in [5.41, 5.74) is 0.859. The van der Waals surface area contributed by atoms with Crippen LogP contribution in [-0.4, -0.2) is 18.7 Å². The van der Waals surface area contributed by atoms with Crippen LogP contribution in [0.4, 0.5) is 0 Å². The fraction of sp³-hybridized carbons (Fsp3) is 0.250. The third-order valence-electron chi connectivity index (χ3n) is 1.61. The first kappa shape index (κ1) is 10.1. The molecular weight excluding hydrogens is 190 g/mol. The number of hydrogen-bond acceptors (Lipinski definition) is 2. The largest absolute Gasteiger partial charge is 0.286 e. The summed E-state index contributed by atoms with van der Waals surface area (Å²) < 4.78 is 30.9. The summed E-state index contributed by atoms with van der Waals surface area (Å²) in [6.45, 7) is 0. The summed E-state index contributed by atoms with van der Waals surface area (Å²) in [6.07, 6.45) is 3.76. The summed E-state index contributed by atoms with van der Waals surface area (Å²) in [4.78, 5) is 0. The molecule has 13 heavy (non-hydrogen) atoms. The quantitative estimate of drug-likeness (QED) is 0.555. The summed E-state index contributed by atoms with van der Waals surface area (Å²) in [7, 11) is -0.235. The van der Waals surface area contributed by atoms with E-state index < -0.39 is 10.1 Å². The second-order valence-electron chi connectivity index (χ2n) is 2.76. The molecule has 71 valence electrons. The van der Waals surface area contributed by atoms with Crippen LogP contribution in [0.25, 0.3) is 0 Å². The monoisotopic (exact) mass is 201 g/mol. The first-order valence-electron chi connectivity index (χ1n) is 3.73. The molecule has 0 aliphatic heterocycles. The maximum absolute atomic E-state index is 10.4. The molecule has 0 aromatic carbocycles. The molecule has 1 aromatic rings. The molecule has 0 saturated heterocycles. The van der Waals surface area contributed by atoms with E-state index in [2.05, 4.69) is 7.05 Å². The summed E-state index contributed by atoms with van der Waals surface area (Å²) in [5, 5.41) is 0. The van der Waals surface area contributed by atoms with E-state index in [1.54, 1.807) is 29.1 Å². The molecule has 5 heteroatoms. The standard InChI is InChI=1S/C8H11NO3S/c1-9-5-2-8(3-6-9)4-7-13(10,11)12/h2-3,5-6H,1,4,7H2,(H,10,11,12)/q+1. The van der Waals surface area contributed by atoms with Crippen molar-refractivity contribution in [3.05, 3.63) is 37.1 Å². The highest BCUT2D eigenvalue weighted by atomic mass is 32.2. The Morgan fingerprint density at radius 1 is 1.38 bits per heavy atom. The van der Waals surface area contributed by atoms with E-state index >= 15 is 0 Å². The molecule has 1 heterocycles. The van der Waals surface area contributed by atoms with Crippen molar-refractivity contribution >= 4 is 10.1 Å². The van der Waals surface area contributed by atoms with Gasteiger partial charge in [-0.15, -0.1) is 0 Å². The van der Waals surface area contributed by atoms with Gasteiger partial charge in [-0.3, -0.25) is 4.55 Å². The second kappa shape index (κ2) is 3.85. The zero-order chi connectivity index (χ0) is 9.90. The van der Waals surface area contributed by atoms with Crippen molar-refractivity contribution in [2.75, 3.05) is 5.75 Å². The average Bonchev–Trinajstić information content (AvgIpc) is 2.02. The molecular formula is C8H11NO3S+. The summed E-state index contributed by atoms with van der Waals surface area (Å²) >= 11 is 0. The normalized spacial score (nSPS) is 11.5. The maximum atomic E-state index is 10.4. The lowest BCUT2D eigenvalue weighted by atomic mass is 10.2. The maximum Gasteiger partial charge on any atom is 0.265 e. The van der Waals surface area contributed by atoms with Crippen LogP contribution in [0.15, 0.2) is 24.5 Å². The van der Waals surface area contributed by atoms with E-state index in [-0.39, 0.29) is 5.75 Å². The minimum atomic E-state index is -3.85. The van der Waals surface area contributed by atoms with Gasteiger partial charge >= 0.3 is 0 Å². The molecule has 4 nitrogen and oxygen atoms in total. The van der Waals surface area contributed by atoms with Crippen LogP contribution in [0.1, 0.15) is 5.56 Å². The van der Waals surface area contributed by atoms with Crippen LogP contribution in [0.2, 0.25) is 0 Å². The Kier molecular flexibility index (Phi) is 3.00. The predicted octanol–water partition coefficient (Wildman–Crippen LogP) is 0.0441. The van der Waals surface area contributed by atoms with Crippen molar-refractivity contribution in [1.29, 1.82) is 0 Å². The highest BCUT2D eigenvalue weighted by molar-refractivity contribution is 7.85. The van der Waals surface area contributed by atoms with Crippen LogP contribution < -0.4 is 4.57 Å². The first-order chi connectivity index (χ1) is 5.97. The number of aromatic nitrogens is 1. The average molecular weight is 201 g/mol. The molecule has 0 saturated carbocycles. The van der Waals surface area contributed by atoms with Crippen LogP contribution in [0.5, 0.6) is 0 Å². The van der Waals surface area contributed by atoms with Crippen LogP contribution in [0, 0.1) is 7.05 Å². The molecule has 0 unspecified atom stereocenters. The SMILES string of the molecule is [CH2][n+]1ccc(CCS(=O)(=O)O)cc1. The lowest BCUT2D eigenvalue weighted by Gasteiger charge is -1.96. The Hall–Kier alpha value is -0.940. The van der Waals surface area contributed by atoms with Gasteiger partial charge < -0.3 is 0 Å². The molecule has 1 aromatic heterocycles. The van der Waals surface area contributed by atoms with Gasteiger partial charge in [-0.1, -0.05) is 0 Å². The second-order valence-corrected chi connectivity index (χ2v) is 4.33. The van der Waals surface area contributed by atoms with Gasteiger partial charge in [0.15, 0.2) is 12.4 Å². The van der Waals surface area contributed by atoms with Crippen molar-refractivity contribution in [3.8, 4) is 0 Å². The molecule has 1 N–H and O–H groups in total. The number of pyridine rings is 1. The van der Waals surface area contributed by atoms with Gasteiger partial charge in [-0.05, 0) is 12.0 Å². The highest BCUT2D eigenvalue weighted by Crippen LogP contribution is 1.98. The molecule has 0 atom stereocenters. The van der Waals surface area contributed by atoms with Gasteiger partial charge in [0, 0.05) is 12.1 Å². The van der Waals surface area contributed by atoms with Gasteiger partial charge in [-0.25, -0.2) is 0 Å². The Morgan fingerprint density at radius 2 is 1.92 bits per heavy atom. The molecule has 0 aliphatic carbocycles. The van der Waals surface area contributed by atoms with E-state index in [9.17, 15) is 8.42 Å². The van der Waals surface area contributed by atoms with Crippen LogP contribution in [-0.2, 0) is 16.5 Å². The van der Waals surface area contributed by atoms with Crippen molar-refractivity contribution < 1.29 is 17.5 Å². The first-order valence-corrected chi connectivity index (χ1v) is 5.34. The van der Waals surface area contributed by atoms with Crippen LogP contribution in [0.3, 0.4) is 0 Å². The fourth-order valence-electron chi connectivity index (χ4n) is 0.902. The number of aryl methyl sites for hydroxylation is 1. The van der Waals surface area contributed by atoms with E-state index in [0.717, 1.165) is 5.56 Å². The van der Waals surface area contributed by atoms with E-state index in [1.807, 2.05) is 0 Å². The molecule has 1 rings (SSSR count). The van der Waals surface area contributed by atoms with Gasteiger partial charge in [0.1, 0.15) is 0 Å². The number of nitrogens with zero attached hydrogens (tertiary/aromatic N) is 1. The Labute approximate surface area is 77.6 Å². The molecule has 0 aliphatic rings. The Balaban J connectivity index is 2.61. The summed E-state index contributed by atoms with van der Waals surface area (Å²) in [5.74, 6) is -0.242. The van der Waals surface area contributed by atoms with Gasteiger partial charge in [0.2, 0.25) is 7.05 Å². The molecule has 1 radical (unpaired) electrons. The predicted molar refractivity (Wildman–Crippen MR) is 47.5 cm³/mol. The van der Waals surface area contributed by atoms with Crippen molar-refractivity contribution in [2.24, 2.45) is 0 Å². The minimum Gasteiger partial charge on any atom is -0.286 e. The fourth-order valence-corrected chi connectivity index (χ4v) is 1.40.